The highest BCUT2D eigenvalue weighted by Crippen LogP contribution is 2.21. The van der Waals surface area contributed by atoms with Crippen molar-refractivity contribution in [3.8, 4) is 0 Å². The number of hydrogen-bond acceptors (Lipinski definition) is 3. The zero-order valence-corrected chi connectivity index (χ0v) is 14.6. The number of carbonyl (C=O) groups is 1. The van der Waals surface area contributed by atoms with Gasteiger partial charge in [-0.15, -0.1) is 0 Å². The fraction of sp³-hybridized carbons (Fsp3) is 0.778. The molecule has 0 N–H and O–H groups in total. The van der Waals surface area contributed by atoms with Gasteiger partial charge in [0.05, 0.1) is 12.2 Å². The maximum Gasteiger partial charge on any atom is 0.320 e. The third-order valence-electron chi connectivity index (χ3n) is 5.68. The molecule has 0 saturated carbocycles. The number of carbonyl (C=O) groups excluding carboxylic acids is 1. The maximum atomic E-state index is 12.9. The molecule has 0 radical (unpaired) electrons. The lowest BCUT2D eigenvalue weighted by atomic mass is 10.1. The lowest BCUT2D eigenvalue weighted by Crippen LogP contribution is -2.45. The molecule has 3 aliphatic heterocycles. The minimum absolute atomic E-state index is 0.228. The highest BCUT2D eigenvalue weighted by molar-refractivity contribution is 5.74. The van der Waals surface area contributed by atoms with Crippen LogP contribution in [0.4, 0.5) is 4.79 Å². The number of likely N-dealkylation sites (tertiary alicyclic amines) is 2. The molecule has 0 aromatic carbocycles. The van der Waals surface area contributed by atoms with Gasteiger partial charge < -0.3 is 14.7 Å². The molecule has 2 fully saturated rings. The molecule has 4 rings (SSSR count). The van der Waals surface area contributed by atoms with Crippen molar-refractivity contribution in [1.82, 2.24) is 24.5 Å². The minimum Gasteiger partial charge on any atom is -0.325 e. The summed E-state index contributed by atoms with van der Waals surface area (Å²) in [5.41, 5.74) is 1.17. The van der Waals surface area contributed by atoms with Crippen molar-refractivity contribution in [3.05, 3.63) is 18.0 Å². The predicted octanol–water partition coefficient (Wildman–Crippen LogP) is 2.02. The molecule has 6 heteroatoms. The van der Waals surface area contributed by atoms with Crippen LogP contribution in [0, 0.1) is 5.92 Å². The van der Waals surface area contributed by atoms with E-state index in [0.717, 1.165) is 45.6 Å². The van der Waals surface area contributed by atoms with Crippen molar-refractivity contribution in [2.24, 2.45) is 5.92 Å². The molecule has 0 spiro atoms. The molecule has 1 aromatic rings. The van der Waals surface area contributed by atoms with E-state index in [-0.39, 0.29) is 6.03 Å². The molecule has 4 heterocycles. The first-order chi connectivity index (χ1) is 11.8. The maximum absolute atomic E-state index is 12.9. The molecule has 3 aliphatic rings. The van der Waals surface area contributed by atoms with Crippen LogP contribution in [-0.4, -0.2) is 69.8 Å². The van der Waals surface area contributed by atoms with Crippen LogP contribution in [0.3, 0.4) is 0 Å². The second-order valence-corrected chi connectivity index (χ2v) is 7.59. The summed E-state index contributed by atoms with van der Waals surface area (Å²) in [5, 5.41) is 4.50. The zero-order chi connectivity index (χ0) is 16.4. The molecule has 24 heavy (non-hydrogen) atoms. The normalized spacial score (nSPS) is 25.6. The summed E-state index contributed by atoms with van der Waals surface area (Å²) in [6.45, 7) is 7.84. The number of amides is 2. The largest absolute Gasteiger partial charge is 0.325 e. The Labute approximate surface area is 144 Å². The fourth-order valence-electron chi connectivity index (χ4n) is 4.41. The first kappa shape index (κ1) is 15.9. The van der Waals surface area contributed by atoms with Gasteiger partial charge >= 0.3 is 6.03 Å². The van der Waals surface area contributed by atoms with Gasteiger partial charge in [-0.1, -0.05) is 6.42 Å². The lowest BCUT2D eigenvalue weighted by molar-refractivity contribution is 0.135. The lowest BCUT2D eigenvalue weighted by Gasteiger charge is -2.33. The van der Waals surface area contributed by atoms with E-state index in [1.807, 2.05) is 11.1 Å². The first-order valence-electron chi connectivity index (χ1n) is 9.56. The number of hydrogen-bond donors (Lipinski definition) is 0. The van der Waals surface area contributed by atoms with Gasteiger partial charge in [0, 0.05) is 44.8 Å². The van der Waals surface area contributed by atoms with Crippen molar-refractivity contribution in [2.45, 2.75) is 45.2 Å². The summed E-state index contributed by atoms with van der Waals surface area (Å²) in [4.78, 5) is 19.6. The number of fused-ring (bicyclic) bond motifs is 1. The quantitative estimate of drug-likeness (QED) is 0.833. The molecule has 1 aromatic heterocycles. The summed E-state index contributed by atoms with van der Waals surface area (Å²) >= 11 is 0. The molecule has 1 unspecified atom stereocenters. The topological polar surface area (TPSA) is 44.6 Å². The number of urea groups is 1. The smallest absolute Gasteiger partial charge is 0.320 e. The van der Waals surface area contributed by atoms with E-state index in [4.69, 9.17) is 0 Å². The number of aromatic nitrogens is 2. The summed E-state index contributed by atoms with van der Waals surface area (Å²) < 4.78 is 2.12. The van der Waals surface area contributed by atoms with Gasteiger partial charge in [0.2, 0.25) is 0 Å². The van der Waals surface area contributed by atoms with Crippen LogP contribution in [-0.2, 0) is 13.1 Å². The molecule has 6 nitrogen and oxygen atoms in total. The molecule has 1 atom stereocenters. The van der Waals surface area contributed by atoms with Gasteiger partial charge in [0.15, 0.2) is 0 Å². The summed E-state index contributed by atoms with van der Waals surface area (Å²) in [6, 6.07) is 2.29. The van der Waals surface area contributed by atoms with Crippen molar-refractivity contribution in [1.29, 1.82) is 0 Å². The average molecular weight is 331 g/mol. The summed E-state index contributed by atoms with van der Waals surface area (Å²) in [6.07, 6.45) is 8.16. The van der Waals surface area contributed by atoms with Crippen LogP contribution in [0.1, 0.15) is 37.8 Å². The number of nitrogens with zero attached hydrogens (tertiary/aromatic N) is 5. The van der Waals surface area contributed by atoms with Crippen LogP contribution in [0.25, 0.3) is 0 Å². The Morgan fingerprint density at radius 2 is 1.75 bits per heavy atom. The van der Waals surface area contributed by atoms with Gasteiger partial charge in [-0.25, -0.2) is 4.79 Å². The third-order valence-corrected chi connectivity index (χ3v) is 5.68. The van der Waals surface area contributed by atoms with Gasteiger partial charge in [-0.2, -0.15) is 5.10 Å². The standard InChI is InChI=1S/C18H29N5O/c24-18(21-10-4-5-11-21)22-13-16(12-20-8-2-1-3-9-20)14-23-17(15-22)6-7-19-23/h6-7,16H,1-5,8-15H2. The van der Waals surface area contributed by atoms with E-state index in [9.17, 15) is 4.79 Å². The van der Waals surface area contributed by atoms with Gasteiger partial charge in [-0.05, 0) is 44.8 Å². The second-order valence-electron chi connectivity index (χ2n) is 7.59. The Bertz CT molecular complexity index is 560. The van der Waals surface area contributed by atoms with E-state index < -0.39 is 0 Å². The Morgan fingerprint density at radius 3 is 2.54 bits per heavy atom. The predicted molar refractivity (Wildman–Crippen MR) is 92.6 cm³/mol. The molecule has 2 amide bonds. The first-order valence-corrected chi connectivity index (χ1v) is 9.56. The van der Waals surface area contributed by atoms with E-state index in [2.05, 4.69) is 25.6 Å². The van der Waals surface area contributed by atoms with E-state index in [1.165, 1.54) is 38.0 Å². The van der Waals surface area contributed by atoms with Crippen LogP contribution < -0.4 is 0 Å². The number of piperidine rings is 1. The highest BCUT2D eigenvalue weighted by atomic mass is 16.2. The molecule has 132 valence electrons. The van der Waals surface area contributed by atoms with Crippen molar-refractivity contribution in [3.63, 3.8) is 0 Å². The summed E-state index contributed by atoms with van der Waals surface area (Å²) in [7, 11) is 0. The zero-order valence-electron chi connectivity index (χ0n) is 14.6. The summed E-state index contributed by atoms with van der Waals surface area (Å²) in [5.74, 6) is 0.468. The second kappa shape index (κ2) is 7.13. The van der Waals surface area contributed by atoms with Gasteiger partial charge in [0.25, 0.3) is 0 Å². The Balaban J connectivity index is 1.48. The molecule has 0 bridgehead atoms. The third kappa shape index (κ3) is 3.43. The Morgan fingerprint density at radius 1 is 1.00 bits per heavy atom. The van der Waals surface area contributed by atoms with E-state index >= 15 is 0 Å². The van der Waals surface area contributed by atoms with Gasteiger partial charge in [0.1, 0.15) is 0 Å². The molecular weight excluding hydrogens is 302 g/mol. The van der Waals surface area contributed by atoms with Crippen LogP contribution in [0.2, 0.25) is 0 Å². The number of rotatable bonds is 2. The van der Waals surface area contributed by atoms with E-state index in [0.29, 0.717) is 12.5 Å². The van der Waals surface area contributed by atoms with Crippen molar-refractivity contribution < 1.29 is 4.79 Å². The molecule has 0 aliphatic carbocycles. The highest BCUT2D eigenvalue weighted by Gasteiger charge is 2.30. The van der Waals surface area contributed by atoms with Crippen molar-refractivity contribution >= 4 is 6.03 Å². The van der Waals surface area contributed by atoms with Crippen molar-refractivity contribution in [2.75, 3.05) is 39.3 Å². The van der Waals surface area contributed by atoms with E-state index in [1.54, 1.807) is 0 Å². The SMILES string of the molecule is O=C(N1CCCC1)N1Cc2ccnn2CC(CN2CCCCC2)C1. The molecule has 2 saturated heterocycles. The monoisotopic (exact) mass is 331 g/mol. The Kier molecular flexibility index (Phi) is 4.74. The average Bonchev–Trinajstić information content (AvgIpc) is 3.24. The fourth-order valence-corrected chi connectivity index (χ4v) is 4.41. The molecular formula is C18H29N5O. The minimum atomic E-state index is 0.228. The van der Waals surface area contributed by atoms with Crippen LogP contribution >= 0.6 is 0 Å². The Hall–Kier alpha value is -1.56. The van der Waals surface area contributed by atoms with Crippen LogP contribution in [0.15, 0.2) is 12.3 Å². The van der Waals surface area contributed by atoms with Crippen LogP contribution in [0.5, 0.6) is 0 Å². The van der Waals surface area contributed by atoms with Gasteiger partial charge in [-0.3, -0.25) is 4.68 Å².